The van der Waals surface area contributed by atoms with Gasteiger partial charge in [-0.1, -0.05) is 13.3 Å². The Morgan fingerprint density at radius 2 is 1.80 bits per heavy atom. The van der Waals surface area contributed by atoms with E-state index in [1.54, 1.807) is 0 Å². The van der Waals surface area contributed by atoms with Crippen molar-refractivity contribution >= 4 is 10.5 Å². The third kappa shape index (κ3) is 8.14. The van der Waals surface area contributed by atoms with Gasteiger partial charge in [0, 0.05) is 5.60 Å². The molecule has 0 rings (SSSR count). The van der Waals surface area contributed by atoms with Crippen LogP contribution in [-0.2, 0) is 4.43 Å². The van der Waals surface area contributed by atoms with Gasteiger partial charge in [0.15, 0.2) is 0 Å². The van der Waals surface area contributed by atoms with E-state index in [0.717, 1.165) is 10.5 Å². The number of hydrogen-bond donors (Lipinski definition) is 1. The Balaban J connectivity index is 0. The van der Waals surface area contributed by atoms with E-state index < -0.39 is 0 Å². The van der Waals surface area contributed by atoms with Crippen molar-refractivity contribution in [2.45, 2.75) is 39.2 Å². The summed E-state index contributed by atoms with van der Waals surface area (Å²) in [5, 5.41) is 0. The Kier molecular flexibility index (Phi) is 9.26. The van der Waals surface area contributed by atoms with Crippen LogP contribution >= 0.6 is 0 Å². The van der Waals surface area contributed by atoms with E-state index >= 15 is 0 Å². The van der Waals surface area contributed by atoms with Crippen LogP contribution in [0.25, 0.3) is 0 Å². The van der Waals surface area contributed by atoms with E-state index in [1.807, 2.05) is 0 Å². The minimum atomic E-state index is 0.154. The average molecular weight is 163 g/mol. The molecule has 10 heavy (non-hydrogen) atoms. The van der Waals surface area contributed by atoms with E-state index in [2.05, 4.69) is 26.5 Å². The van der Waals surface area contributed by atoms with Gasteiger partial charge in [-0.2, -0.15) is 0 Å². The van der Waals surface area contributed by atoms with Crippen LogP contribution in [0.15, 0.2) is 0 Å². The molecule has 0 spiro atoms. The Morgan fingerprint density at radius 3 is 1.90 bits per heavy atom. The molecule has 0 heterocycles. The van der Waals surface area contributed by atoms with Crippen molar-refractivity contribution in [3.05, 3.63) is 0 Å². The van der Waals surface area contributed by atoms with Crippen LogP contribution in [0.2, 0.25) is 0 Å². The van der Waals surface area contributed by atoms with Gasteiger partial charge < -0.3 is 10.2 Å². The molecule has 0 atom stereocenters. The van der Waals surface area contributed by atoms with Crippen molar-refractivity contribution < 1.29 is 4.43 Å². The molecule has 0 aliphatic rings. The minimum Gasteiger partial charge on any atom is -0.423 e. The number of rotatable bonds is 3. The standard InChI is InChI=1S/C6H16OSi.CH5N/c1-4-5-6(2,3)7-8;1-2/h4-5H2,1-3,8H3;2H2,1H3. The fourth-order valence-corrected chi connectivity index (χ4v) is 0.908. The first-order valence-electron chi connectivity index (χ1n) is 3.75. The monoisotopic (exact) mass is 163 g/mol. The summed E-state index contributed by atoms with van der Waals surface area (Å²) in [6, 6.07) is 0. The summed E-state index contributed by atoms with van der Waals surface area (Å²) < 4.78 is 5.32. The molecule has 2 nitrogen and oxygen atoms in total. The van der Waals surface area contributed by atoms with E-state index in [1.165, 1.54) is 19.9 Å². The van der Waals surface area contributed by atoms with Crippen LogP contribution in [0.3, 0.4) is 0 Å². The van der Waals surface area contributed by atoms with Gasteiger partial charge in [0.2, 0.25) is 0 Å². The molecule has 0 aromatic heterocycles. The Bertz CT molecular complexity index is 66.6. The Labute approximate surface area is 67.7 Å². The molecule has 0 saturated heterocycles. The van der Waals surface area contributed by atoms with Gasteiger partial charge in [0.05, 0.1) is 0 Å². The molecule has 0 bridgehead atoms. The van der Waals surface area contributed by atoms with Gasteiger partial charge in [-0.3, -0.25) is 0 Å². The Morgan fingerprint density at radius 1 is 1.40 bits per heavy atom. The van der Waals surface area contributed by atoms with Crippen molar-refractivity contribution in [3.63, 3.8) is 0 Å². The predicted molar refractivity (Wildman–Crippen MR) is 50.1 cm³/mol. The summed E-state index contributed by atoms with van der Waals surface area (Å²) in [4.78, 5) is 0. The fraction of sp³-hybridized carbons (Fsp3) is 1.00. The topological polar surface area (TPSA) is 35.2 Å². The first-order chi connectivity index (χ1) is 4.62. The first kappa shape index (κ1) is 12.8. The van der Waals surface area contributed by atoms with Crippen LogP contribution in [-0.4, -0.2) is 23.1 Å². The lowest BCUT2D eigenvalue weighted by molar-refractivity contribution is 0.112. The molecular weight excluding hydrogens is 142 g/mol. The zero-order chi connectivity index (χ0) is 8.62. The SMILES string of the molecule is CCCC(C)(C)O[SiH3].CN. The second kappa shape index (κ2) is 7.25. The molecule has 0 aliphatic carbocycles. The molecule has 0 unspecified atom stereocenters. The highest BCUT2D eigenvalue weighted by molar-refractivity contribution is 5.98. The lowest BCUT2D eigenvalue weighted by atomic mass is 10.0. The Hall–Kier alpha value is 0.137. The van der Waals surface area contributed by atoms with Crippen LogP contribution in [0.4, 0.5) is 0 Å². The maximum Gasteiger partial charge on any atom is 0.146 e. The molecule has 0 aliphatic heterocycles. The molecule has 2 N–H and O–H groups in total. The van der Waals surface area contributed by atoms with Crippen LogP contribution < -0.4 is 5.73 Å². The van der Waals surface area contributed by atoms with Crippen molar-refractivity contribution in [2.75, 3.05) is 7.05 Å². The maximum atomic E-state index is 5.32. The summed E-state index contributed by atoms with van der Waals surface area (Å²) in [5.74, 6) is 0. The van der Waals surface area contributed by atoms with Crippen molar-refractivity contribution in [3.8, 4) is 0 Å². The summed E-state index contributed by atoms with van der Waals surface area (Å²) in [6.07, 6.45) is 2.39. The minimum absolute atomic E-state index is 0.154. The van der Waals surface area contributed by atoms with E-state index in [-0.39, 0.29) is 5.60 Å². The summed E-state index contributed by atoms with van der Waals surface area (Å²) >= 11 is 0. The molecule has 0 aromatic carbocycles. The molecule has 3 heteroatoms. The van der Waals surface area contributed by atoms with E-state index in [0.29, 0.717) is 0 Å². The molecule has 0 amide bonds. The largest absolute Gasteiger partial charge is 0.423 e. The zero-order valence-electron chi connectivity index (χ0n) is 7.90. The average Bonchev–Trinajstić information content (AvgIpc) is 1.93. The van der Waals surface area contributed by atoms with Crippen LogP contribution in [0, 0.1) is 0 Å². The second-order valence-corrected chi connectivity index (χ2v) is 3.12. The van der Waals surface area contributed by atoms with Gasteiger partial charge in [-0.05, 0) is 27.3 Å². The summed E-state index contributed by atoms with van der Waals surface area (Å²) in [7, 11) is 2.36. The van der Waals surface area contributed by atoms with Gasteiger partial charge >= 0.3 is 0 Å². The number of nitrogens with two attached hydrogens (primary N) is 1. The fourth-order valence-electron chi connectivity index (χ4n) is 0.704. The van der Waals surface area contributed by atoms with Gasteiger partial charge in [-0.15, -0.1) is 0 Å². The molecular formula is C7H21NOSi. The van der Waals surface area contributed by atoms with Gasteiger partial charge in [0.1, 0.15) is 10.5 Å². The lowest BCUT2D eigenvalue weighted by Crippen LogP contribution is -2.22. The summed E-state index contributed by atoms with van der Waals surface area (Å²) in [6.45, 7) is 6.47. The molecule has 0 saturated carbocycles. The van der Waals surface area contributed by atoms with Crippen molar-refractivity contribution in [1.82, 2.24) is 0 Å². The highest BCUT2D eigenvalue weighted by Crippen LogP contribution is 2.13. The highest BCUT2D eigenvalue weighted by atomic mass is 28.2. The van der Waals surface area contributed by atoms with E-state index in [9.17, 15) is 0 Å². The normalized spacial score (nSPS) is 10.5. The predicted octanol–water partition coefficient (Wildman–Crippen LogP) is 0.437. The molecule has 0 aromatic rings. The highest BCUT2D eigenvalue weighted by Gasteiger charge is 2.12. The molecule has 0 fully saturated rings. The smallest absolute Gasteiger partial charge is 0.146 e. The van der Waals surface area contributed by atoms with Crippen molar-refractivity contribution in [2.24, 2.45) is 5.73 Å². The number of hydrogen-bond acceptors (Lipinski definition) is 2. The molecule has 64 valence electrons. The molecule has 0 radical (unpaired) electrons. The third-order valence-corrected chi connectivity index (χ3v) is 2.51. The van der Waals surface area contributed by atoms with E-state index in [4.69, 9.17) is 4.43 Å². The quantitative estimate of drug-likeness (QED) is 0.613. The van der Waals surface area contributed by atoms with Gasteiger partial charge in [0.25, 0.3) is 0 Å². The van der Waals surface area contributed by atoms with Crippen LogP contribution in [0.5, 0.6) is 0 Å². The van der Waals surface area contributed by atoms with Gasteiger partial charge in [-0.25, -0.2) is 0 Å². The zero-order valence-corrected chi connectivity index (χ0v) is 9.90. The van der Waals surface area contributed by atoms with Crippen LogP contribution in [0.1, 0.15) is 33.6 Å². The summed E-state index contributed by atoms with van der Waals surface area (Å²) in [5.41, 5.74) is 4.65. The third-order valence-electron chi connectivity index (χ3n) is 1.40. The second-order valence-electron chi connectivity index (χ2n) is 2.71. The maximum absolute atomic E-state index is 5.32. The van der Waals surface area contributed by atoms with Crippen molar-refractivity contribution in [1.29, 1.82) is 0 Å². The lowest BCUT2D eigenvalue weighted by Gasteiger charge is -2.22. The first-order valence-corrected chi connectivity index (χ1v) is 4.57.